The predicted molar refractivity (Wildman–Crippen MR) is 243 cm³/mol. The van der Waals surface area contributed by atoms with E-state index in [1.807, 2.05) is 37.5 Å². The monoisotopic (exact) mass is 952 g/mol. The van der Waals surface area contributed by atoms with Crippen molar-refractivity contribution < 1.29 is 51.3 Å². The van der Waals surface area contributed by atoms with Crippen LogP contribution in [0.5, 0.6) is 5.75 Å². The van der Waals surface area contributed by atoms with Crippen LogP contribution in [0.15, 0.2) is 60.9 Å². The van der Waals surface area contributed by atoms with E-state index in [-0.39, 0.29) is 51.5 Å². The summed E-state index contributed by atoms with van der Waals surface area (Å²) in [5.74, 6) is -0.457. The molecule has 3 aliphatic heterocycles. The molecule has 360 valence electrons. The largest absolute Gasteiger partial charge is 0.573 e. The van der Waals surface area contributed by atoms with Crippen molar-refractivity contribution in [1.82, 2.24) is 30.1 Å². The number of hydrogen-bond donors (Lipinski definition) is 3. The zero-order valence-electron chi connectivity index (χ0n) is 38.2. The van der Waals surface area contributed by atoms with Crippen molar-refractivity contribution in [2.45, 2.75) is 71.4 Å². The van der Waals surface area contributed by atoms with Gasteiger partial charge in [0.25, 0.3) is 5.91 Å². The van der Waals surface area contributed by atoms with E-state index >= 15 is 0 Å². The van der Waals surface area contributed by atoms with Crippen molar-refractivity contribution in [3.05, 3.63) is 77.3 Å². The van der Waals surface area contributed by atoms with E-state index in [9.17, 15) is 32.3 Å². The van der Waals surface area contributed by atoms with Crippen molar-refractivity contribution in [2.24, 2.45) is 17.3 Å². The molecule has 3 saturated heterocycles. The van der Waals surface area contributed by atoms with Gasteiger partial charge in [0, 0.05) is 81.7 Å². The number of imidazole rings is 1. The van der Waals surface area contributed by atoms with Gasteiger partial charge in [-0.3, -0.25) is 14.4 Å². The third-order valence-electron chi connectivity index (χ3n) is 12.4. The Bertz CT molecular complexity index is 2410. The van der Waals surface area contributed by atoms with Gasteiger partial charge in [-0.1, -0.05) is 56.6 Å². The maximum absolute atomic E-state index is 14.3. The van der Waals surface area contributed by atoms with Crippen LogP contribution < -0.4 is 20.3 Å². The van der Waals surface area contributed by atoms with Crippen LogP contribution in [0.3, 0.4) is 0 Å². The van der Waals surface area contributed by atoms with Gasteiger partial charge in [-0.15, -0.1) is 13.2 Å². The van der Waals surface area contributed by atoms with Gasteiger partial charge < -0.3 is 49.3 Å². The maximum Gasteiger partial charge on any atom is 0.573 e. The molecule has 7 rings (SSSR count). The van der Waals surface area contributed by atoms with E-state index in [4.69, 9.17) is 25.8 Å². The molecule has 0 bridgehead atoms. The van der Waals surface area contributed by atoms with E-state index in [0.29, 0.717) is 93.7 Å². The quantitative estimate of drug-likeness (QED) is 0.127. The Morgan fingerprint density at radius 3 is 2.30 bits per heavy atom. The molecule has 4 atom stereocenters. The number of likely N-dealkylation sites (tertiary alicyclic amines) is 1. The first kappa shape index (κ1) is 49.0. The molecule has 2 aromatic carbocycles. The zero-order valence-corrected chi connectivity index (χ0v) is 39.0. The Morgan fingerprint density at radius 1 is 0.955 bits per heavy atom. The lowest BCUT2D eigenvalue weighted by molar-refractivity contribution is -0.274. The summed E-state index contributed by atoms with van der Waals surface area (Å²) in [5.41, 5.74) is 1.14. The van der Waals surface area contributed by atoms with E-state index in [1.165, 1.54) is 19.4 Å². The lowest BCUT2D eigenvalue weighted by Gasteiger charge is -2.42. The third-order valence-corrected chi connectivity index (χ3v) is 12.7. The number of H-pyrrole nitrogens is 1. The second-order valence-corrected chi connectivity index (χ2v) is 18.6. The summed E-state index contributed by atoms with van der Waals surface area (Å²) in [6.45, 7) is 11.0. The average molecular weight is 953 g/mol. The van der Waals surface area contributed by atoms with Crippen LogP contribution in [-0.2, 0) is 23.8 Å². The minimum Gasteiger partial charge on any atom is -0.453 e. The number of anilines is 2. The Kier molecular flexibility index (Phi) is 15.0. The van der Waals surface area contributed by atoms with E-state index in [1.54, 1.807) is 54.6 Å². The Morgan fingerprint density at radius 2 is 1.67 bits per heavy atom. The normalized spacial score (nSPS) is 19.8. The van der Waals surface area contributed by atoms with Crippen LogP contribution in [0.2, 0.25) is 5.02 Å². The SMILES string of the molecule is COC[C@H]1C[C@@H](c2ncc(-c3ccc(-c4cc(Cl)c(NC(=O)c5ccc(N6CCN(C(=O)C(C)(C)C)C[C@H]6C)nc5)cc4OC(F)(F)F)cc3)[nH]2)N(C(=O)C(NC(=O)OC)C2CCOCC2)C1. The van der Waals surface area contributed by atoms with Gasteiger partial charge in [0.05, 0.1) is 47.9 Å². The van der Waals surface area contributed by atoms with Crippen LogP contribution in [0.4, 0.5) is 29.5 Å². The summed E-state index contributed by atoms with van der Waals surface area (Å²) in [5, 5.41) is 5.31. The number of rotatable bonds is 12. The van der Waals surface area contributed by atoms with E-state index in [0.717, 1.165) is 6.07 Å². The molecule has 3 fully saturated rings. The van der Waals surface area contributed by atoms with Gasteiger partial charge in [-0.05, 0) is 61.4 Å². The van der Waals surface area contributed by atoms with Crippen LogP contribution in [-0.4, -0.2) is 127 Å². The fourth-order valence-electron chi connectivity index (χ4n) is 8.98. The summed E-state index contributed by atoms with van der Waals surface area (Å²) in [6, 6.07) is 10.8. The molecule has 67 heavy (non-hydrogen) atoms. The molecule has 4 aromatic rings. The molecule has 3 aliphatic rings. The Hall–Kier alpha value is -5.92. The number of methoxy groups -OCH3 is 2. The minimum atomic E-state index is -5.07. The van der Waals surface area contributed by atoms with Crippen LogP contribution in [0, 0.1) is 17.3 Å². The maximum atomic E-state index is 14.3. The second kappa shape index (κ2) is 20.5. The number of hydrogen-bond acceptors (Lipinski definition) is 11. The smallest absolute Gasteiger partial charge is 0.453 e. The number of nitrogens with zero attached hydrogens (tertiary/aromatic N) is 5. The summed E-state index contributed by atoms with van der Waals surface area (Å²) in [4.78, 5) is 71.0. The molecule has 20 heteroatoms. The second-order valence-electron chi connectivity index (χ2n) is 18.2. The molecule has 0 radical (unpaired) electrons. The highest BCUT2D eigenvalue weighted by molar-refractivity contribution is 6.34. The number of aromatic nitrogens is 3. The minimum absolute atomic E-state index is 0.00149. The summed E-state index contributed by atoms with van der Waals surface area (Å²) < 4.78 is 61.9. The van der Waals surface area contributed by atoms with Crippen molar-refractivity contribution in [2.75, 3.05) is 70.4 Å². The van der Waals surface area contributed by atoms with Gasteiger partial charge in [0.15, 0.2) is 0 Å². The fraction of sp³-hybridized carbons (Fsp3) is 0.489. The number of amides is 4. The zero-order chi connectivity index (χ0) is 48.2. The van der Waals surface area contributed by atoms with E-state index in [2.05, 4.69) is 30.3 Å². The topological polar surface area (TPSA) is 181 Å². The Labute approximate surface area is 391 Å². The molecule has 0 spiro atoms. The van der Waals surface area contributed by atoms with Crippen molar-refractivity contribution in [3.8, 4) is 28.1 Å². The molecule has 0 saturated carbocycles. The third kappa shape index (κ3) is 11.6. The molecule has 16 nitrogen and oxygen atoms in total. The standard InChI is InChI=1S/C47H56ClF3N8O8/c1-27-24-57(44(62)46(2,3)4)15-16-58(27)39-12-11-32(22-52-39)42(60)55-35-21-38(67-47(49,50)51)33(20-34(35)48)29-7-9-30(10-8-29)36-23-53-41(54-36)37-19-28(26-64-5)25-59(37)43(61)40(56-45(63)65-6)31-13-17-66-18-14-31/h7-12,20-23,27-28,31,37,40H,13-19,24-26H2,1-6H3,(H,53,54)(H,55,60)(H,56,63)/t27-,28+,37+,40?/m1/s1. The number of alkyl carbamates (subject to hydrolysis) is 1. The molecule has 3 N–H and O–H groups in total. The van der Waals surface area contributed by atoms with E-state index < -0.39 is 41.6 Å². The highest BCUT2D eigenvalue weighted by Crippen LogP contribution is 2.42. The van der Waals surface area contributed by atoms with Crippen LogP contribution in [0.25, 0.3) is 22.4 Å². The van der Waals surface area contributed by atoms with Gasteiger partial charge >= 0.3 is 12.5 Å². The number of carbonyl (C=O) groups is 4. The number of aromatic amines is 1. The number of piperazine rings is 1. The van der Waals surface area contributed by atoms with Gasteiger partial charge in [-0.2, -0.15) is 0 Å². The lowest BCUT2D eigenvalue weighted by Crippen LogP contribution is -2.56. The highest BCUT2D eigenvalue weighted by atomic mass is 35.5. The number of benzene rings is 2. The number of ether oxygens (including phenoxy) is 4. The molecule has 1 unspecified atom stereocenters. The molecule has 5 heterocycles. The molecular formula is C47H56ClF3N8O8. The highest BCUT2D eigenvalue weighted by Gasteiger charge is 2.43. The first-order valence-corrected chi connectivity index (χ1v) is 22.5. The number of pyridine rings is 1. The van der Waals surface area contributed by atoms with Gasteiger partial charge in [0.1, 0.15) is 23.4 Å². The molecular weight excluding hydrogens is 897 g/mol. The van der Waals surface area contributed by atoms with Crippen LogP contribution in [0.1, 0.15) is 69.2 Å². The summed E-state index contributed by atoms with van der Waals surface area (Å²) >= 11 is 6.63. The van der Waals surface area contributed by atoms with Crippen LogP contribution >= 0.6 is 11.6 Å². The van der Waals surface area contributed by atoms with Gasteiger partial charge in [-0.25, -0.2) is 14.8 Å². The van der Waals surface area contributed by atoms with Crippen molar-refractivity contribution >= 4 is 46.9 Å². The number of halogens is 4. The molecule has 2 aromatic heterocycles. The lowest BCUT2D eigenvalue weighted by atomic mass is 9.90. The van der Waals surface area contributed by atoms with Crippen molar-refractivity contribution in [1.29, 1.82) is 0 Å². The first-order chi connectivity index (χ1) is 31.8. The first-order valence-electron chi connectivity index (χ1n) is 22.1. The molecule has 4 amide bonds. The average Bonchev–Trinajstić information content (AvgIpc) is 3.96. The number of nitrogens with one attached hydrogen (secondary N) is 3. The predicted octanol–water partition coefficient (Wildman–Crippen LogP) is 7.71. The number of alkyl halides is 3. The van der Waals surface area contributed by atoms with Gasteiger partial charge in [0.2, 0.25) is 11.8 Å². The number of carbonyl (C=O) groups excluding carboxylic acids is 4. The Balaban J connectivity index is 1.07. The summed E-state index contributed by atoms with van der Waals surface area (Å²) in [6.07, 6.45) is -1.05. The summed E-state index contributed by atoms with van der Waals surface area (Å²) in [7, 11) is 2.84. The molecule has 0 aliphatic carbocycles. The van der Waals surface area contributed by atoms with Crippen molar-refractivity contribution in [3.63, 3.8) is 0 Å². The fourth-order valence-corrected chi connectivity index (χ4v) is 9.20.